The van der Waals surface area contributed by atoms with E-state index in [1.807, 2.05) is 11.4 Å². The molecule has 1 aromatic heterocycles. The lowest BCUT2D eigenvalue weighted by Crippen LogP contribution is -2.00. The normalized spacial score (nSPS) is 10.3. The van der Waals surface area contributed by atoms with Crippen LogP contribution >= 0.6 is 27.3 Å². The number of halogens is 1. The molecule has 2 rings (SSSR count). The van der Waals surface area contributed by atoms with Crippen LogP contribution in [0.1, 0.15) is 21.5 Å². The number of carboxylic acids is 1. The zero-order chi connectivity index (χ0) is 13.1. The Hall–Kier alpha value is -1.33. The molecule has 1 heterocycles. The molecule has 2 aromatic rings. The molecule has 0 aliphatic heterocycles. The van der Waals surface area contributed by atoms with E-state index in [9.17, 15) is 4.79 Å². The number of carboxylic acid groups (broad SMARTS) is 1. The minimum atomic E-state index is -0.916. The molecule has 3 nitrogen and oxygen atoms in total. The van der Waals surface area contributed by atoms with Gasteiger partial charge in [0.25, 0.3) is 0 Å². The first kappa shape index (κ1) is 13.1. The molecule has 0 spiro atoms. The Labute approximate surface area is 117 Å². The van der Waals surface area contributed by atoms with Gasteiger partial charge in [0.1, 0.15) is 12.4 Å². The zero-order valence-corrected chi connectivity index (χ0v) is 12.0. The molecule has 18 heavy (non-hydrogen) atoms. The van der Waals surface area contributed by atoms with Crippen LogP contribution in [-0.2, 0) is 6.61 Å². The summed E-state index contributed by atoms with van der Waals surface area (Å²) in [6, 6.07) is 6.99. The number of hydrogen-bond acceptors (Lipinski definition) is 3. The van der Waals surface area contributed by atoms with Gasteiger partial charge < -0.3 is 9.84 Å². The molecule has 1 N–H and O–H groups in total. The molecule has 94 valence electrons. The summed E-state index contributed by atoms with van der Waals surface area (Å²) in [7, 11) is 0. The fraction of sp³-hybridized carbons (Fsp3) is 0.154. The summed E-state index contributed by atoms with van der Waals surface area (Å²) in [6.45, 7) is 2.24. The van der Waals surface area contributed by atoms with Crippen molar-refractivity contribution in [2.24, 2.45) is 0 Å². The Morgan fingerprint density at radius 1 is 1.44 bits per heavy atom. The average molecular weight is 327 g/mol. The van der Waals surface area contributed by atoms with Crippen LogP contribution in [0.4, 0.5) is 0 Å². The molecular weight excluding hydrogens is 316 g/mol. The molecule has 0 fully saturated rings. The van der Waals surface area contributed by atoms with Gasteiger partial charge in [0, 0.05) is 5.56 Å². The number of hydrogen-bond donors (Lipinski definition) is 1. The lowest BCUT2D eigenvalue weighted by atomic mass is 10.1. The molecule has 0 aliphatic carbocycles. The van der Waals surface area contributed by atoms with E-state index in [0.717, 1.165) is 9.35 Å². The number of thiophene rings is 1. The molecule has 0 bridgehead atoms. The molecule has 0 unspecified atom stereocenters. The van der Waals surface area contributed by atoms with Crippen molar-refractivity contribution in [3.63, 3.8) is 0 Å². The van der Waals surface area contributed by atoms with Gasteiger partial charge in [-0.1, -0.05) is 0 Å². The maximum absolute atomic E-state index is 10.9. The van der Waals surface area contributed by atoms with E-state index < -0.39 is 5.97 Å². The first-order chi connectivity index (χ1) is 8.56. The third kappa shape index (κ3) is 3.11. The van der Waals surface area contributed by atoms with Crippen LogP contribution in [0.3, 0.4) is 0 Å². The molecule has 5 heteroatoms. The highest BCUT2D eigenvalue weighted by molar-refractivity contribution is 9.11. The summed E-state index contributed by atoms with van der Waals surface area (Å²) in [6.07, 6.45) is 0. The van der Waals surface area contributed by atoms with Gasteiger partial charge in [0.05, 0.1) is 9.35 Å². The molecule has 0 atom stereocenters. The minimum Gasteiger partial charge on any atom is -0.489 e. The minimum absolute atomic E-state index is 0.306. The molecule has 0 aliphatic rings. The van der Waals surface area contributed by atoms with Crippen LogP contribution in [0.2, 0.25) is 0 Å². The van der Waals surface area contributed by atoms with E-state index in [2.05, 4.69) is 15.9 Å². The number of benzene rings is 1. The number of rotatable bonds is 4. The van der Waals surface area contributed by atoms with Crippen LogP contribution < -0.4 is 4.74 Å². The second kappa shape index (κ2) is 5.54. The van der Waals surface area contributed by atoms with Crippen molar-refractivity contribution in [3.8, 4) is 5.75 Å². The second-order valence-corrected chi connectivity index (χ2v) is 6.12. The maximum atomic E-state index is 10.9. The number of carbonyl (C=O) groups is 1. The van der Waals surface area contributed by atoms with Gasteiger partial charge in [-0.15, -0.1) is 11.3 Å². The van der Waals surface area contributed by atoms with Gasteiger partial charge in [-0.2, -0.15) is 0 Å². The highest BCUT2D eigenvalue weighted by Crippen LogP contribution is 2.23. The lowest BCUT2D eigenvalue weighted by Gasteiger charge is -2.07. The van der Waals surface area contributed by atoms with Crippen molar-refractivity contribution in [3.05, 3.63) is 50.1 Å². The van der Waals surface area contributed by atoms with Gasteiger partial charge in [-0.25, -0.2) is 4.79 Å². The Kier molecular flexibility index (Phi) is 4.04. The first-order valence-corrected chi connectivity index (χ1v) is 6.93. The fourth-order valence-corrected chi connectivity index (χ4v) is 2.75. The Bertz CT molecular complexity index is 577. The quantitative estimate of drug-likeness (QED) is 0.920. The number of ether oxygens (including phenoxy) is 1. The Morgan fingerprint density at radius 3 is 2.78 bits per heavy atom. The summed E-state index contributed by atoms with van der Waals surface area (Å²) >= 11 is 5.00. The molecular formula is C13H11BrO3S. The maximum Gasteiger partial charge on any atom is 0.335 e. The summed E-state index contributed by atoms with van der Waals surface area (Å²) in [5.74, 6) is -0.236. The summed E-state index contributed by atoms with van der Waals surface area (Å²) < 4.78 is 6.68. The van der Waals surface area contributed by atoms with Gasteiger partial charge >= 0.3 is 5.97 Å². The van der Waals surface area contributed by atoms with Crippen LogP contribution in [-0.4, -0.2) is 11.1 Å². The van der Waals surface area contributed by atoms with Crippen LogP contribution in [0.15, 0.2) is 33.4 Å². The number of aryl methyl sites for hydroxylation is 1. The van der Waals surface area contributed by atoms with E-state index in [-0.39, 0.29) is 0 Å². The summed E-state index contributed by atoms with van der Waals surface area (Å²) in [4.78, 5) is 10.9. The van der Waals surface area contributed by atoms with Crippen molar-refractivity contribution in [2.45, 2.75) is 13.5 Å². The van der Waals surface area contributed by atoms with Gasteiger partial charge in [0.2, 0.25) is 0 Å². The highest BCUT2D eigenvalue weighted by atomic mass is 79.9. The standard InChI is InChI=1S/C13H11BrO3S/c1-8-4-10(2-3-11(8)13(15)16)17-6-9-5-12(14)18-7-9/h2-5,7H,6H2,1H3,(H,15,16). The van der Waals surface area contributed by atoms with E-state index in [1.165, 1.54) is 0 Å². The van der Waals surface area contributed by atoms with Crippen LogP contribution in [0.5, 0.6) is 5.75 Å². The van der Waals surface area contributed by atoms with Crippen molar-refractivity contribution >= 4 is 33.2 Å². The Balaban J connectivity index is 2.06. The molecule has 1 aromatic carbocycles. The largest absolute Gasteiger partial charge is 0.489 e. The van der Waals surface area contributed by atoms with Crippen LogP contribution in [0.25, 0.3) is 0 Å². The summed E-state index contributed by atoms with van der Waals surface area (Å²) in [5, 5.41) is 10.9. The molecule has 0 saturated heterocycles. The second-order valence-electron chi connectivity index (χ2n) is 3.83. The summed E-state index contributed by atoms with van der Waals surface area (Å²) in [5.41, 5.74) is 2.10. The van der Waals surface area contributed by atoms with E-state index >= 15 is 0 Å². The molecule has 0 radical (unpaired) electrons. The van der Waals surface area contributed by atoms with E-state index in [1.54, 1.807) is 36.5 Å². The highest BCUT2D eigenvalue weighted by Gasteiger charge is 2.07. The van der Waals surface area contributed by atoms with E-state index in [0.29, 0.717) is 23.5 Å². The third-order valence-electron chi connectivity index (χ3n) is 2.46. The average Bonchev–Trinajstić information content (AvgIpc) is 2.72. The third-order valence-corrected chi connectivity index (χ3v) is 4.01. The Morgan fingerprint density at radius 2 is 2.22 bits per heavy atom. The van der Waals surface area contributed by atoms with Crippen molar-refractivity contribution in [2.75, 3.05) is 0 Å². The van der Waals surface area contributed by atoms with Crippen LogP contribution in [0, 0.1) is 6.92 Å². The molecule has 0 amide bonds. The number of aromatic carboxylic acids is 1. The smallest absolute Gasteiger partial charge is 0.335 e. The van der Waals surface area contributed by atoms with Crippen molar-refractivity contribution in [1.29, 1.82) is 0 Å². The van der Waals surface area contributed by atoms with Gasteiger partial charge in [-0.3, -0.25) is 0 Å². The fourth-order valence-electron chi connectivity index (χ4n) is 1.55. The predicted octanol–water partition coefficient (Wildman–Crippen LogP) is 4.10. The monoisotopic (exact) mass is 326 g/mol. The van der Waals surface area contributed by atoms with Crippen molar-refractivity contribution < 1.29 is 14.6 Å². The predicted molar refractivity (Wildman–Crippen MR) is 74.5 cm³/mol. The zero-order valence-electron chi connectivity index (χ0n) is 9.64. The SMILES string of the molecule is Cc1cc(OCc2csc(Br)c2)ccc1C(=O)O. The van der Waals surface area contributed by atoms with Crippen molar-refractivity contribution in [1.82, 2.24) is 0 Å². The first-order valence-electron chi connectivity index (χ1n) is 5.26. The topological polar surface area (TPSA) is 46.5 Å². The van der Waals surface area contributed by atoms with E-state index in [4.69, 9.17) is 9.84 Å². The van der Waals surface area contributed by atoms with Gasteiger partial charge in [-0.05, 0) is 58.1 Å². The lowest BCUT2D eigenvalue weighted by molar-refractivity contribution is 0.0696. The molecule has 0 saturated carbocycles. The van der Waals surface area contributed by atoms with Gasteiger partial charge in [0.15, 0.2) is 0 Å².